The summed E-state index contributed by atoms with van der Waals surface area (Å²) in [6.45, 7) is 3.70. The van der Waals surface area contributed by atoms with Crippen molar-refractivity contribution in [1.29, 1.82) is 0 Å². The molecule has 0 aliphatic carbocycles. The van der Waals surface area contributed by atoms with E-state index in [9.17, 15) is 9.59 Å². The number of Topliss-reactive ketones (excluding diaryl/α,β-unsaturated/α-hetero) is 1. The zero-order valence-electron chi connectivity index (χ0n) is 16.5. The molecule has 28 heavy (non-hydrogen) atoms. The number of hydrogen-bond acceptors (Lipinski definition) is 4. The normalized spacial score (nSPS) is 16.6. The van der Waals surface area contributed by atoms with Crippen LogP contribution in [0.4, 0.5) is 4.79 Å². The lowest BCUT2D eigenvalue weighted by atomic mass is 9.92. The molecule has 3 rings (SSSR count). The molecule has 1 atom stereocenters. The van der Waals surface area contributed by atoms with Crippen LogP contribution in [0.1, 0.15) is 31.0 Å². The number of nitrogens with one attached hydrogen (secondary N) is 1. The fourth-order valence-corrected chi connectivity index (χ4v) is 3.26. The van der Waals surface area contributed by atoms with E-state index in [0.717, 1.165) is 11.1 Å². The predicted octanol–water partition coefficient (Wildman–Crippen LogP) is 3.83. The average Bonchev–Trinajstić information content (AvgIpc) is 2.70. The summed E-state index contributed by atoms with van der Waals surface area (Å²) < 4.78 is 11.4. The van der Waals surface area contributed by atoms with Crippen LogP contribution in [0.2, 0.25) is 0 Å². The third kappa shape index (κ3) is 3.86. The second kappa shape index (κ2) is 8.17. The number of urea groups is 1. The minimum atomic E-state index is -0.529. The Morgan fingerprint density at radius 3 is 2.50 bits per heavy atom. The third-order valence-electron chi connectivity index (χ3n) is 4.89. The van der Waals surface area contributed by atoms with Gasteiger partial charge in [0.15, 0.2) is 17.3 Å². The molecule has 1 aliphatic heterocycles. The molecular weight excluding hydrogens is 356 g/mol. The Bertz CT molecular complexity index is 921. The Labute approximate surface area is 164 Å². The Morgan fingerprint density at radius 1 is 1.14 bits per heavy atom. The van der Waals surface area contributed by atoms with Gasteiger partial charge in [-0.3, -0.25) is 4.79 Å². The van der Waals surface area contributed by atoms with Gasteiger partial charge in [0.05, 0.1) is 13.2 Å². The number of rotatable bonds is 6. The number of carbonyl (C=O) groups is 2. The Morgan fingerprint density at radius 2 is 1.86 bits per heavy atom. The van der Waals surface area contributed by atoms with Gasteiger partial charge in [-0.05, 0) is 37.1 Å². The highest BCUT2D eigenvalue weighted by Gasteiger charge is 2.32. The first-order valence-corrected chi connectivity index (χ1v) is 9.03. The molecule has 6 nitrogen and oxygen atoms in total. The van der Waals surface area contributed by atoms with Crippen molar-refractivity contribution in [2.75, 3.05) is 14.2 Å². The first-order chi connectivity index (χ1) is 13.4. The lowest BCUT2D eigenvalue weighted by Gasteiger charge is -2.33. The summed E-state index contributed by atoms with van der Waals surface area (Å²) in [7, 11) is 3.21. The highest BCUT2D eigenvalue weighted by atomic mass is 16.5. The van der Waals surface area contributed by atoms with Gasteiger partial charge < -0.3 is 19.7 Å². The van der Waals surface area contributed by atoms with Gasteiger partial charge in [0.1, 0.15) is 6.61 Å². The minimum Gasteiger partial charge on any atom is -0.493 e. The predicted molar refractivity (Wildman–Crippen MR) is 106 cm³/mol. The van der Waals surface area contributed by atoms with Gasteiger partial charge in [0, 0.05) is 18.3 Å². The lowest BCUT2D eigenvalue weighted by Crippen LogP contribution is -2.45. The van der Waals surface area contributed by atoms with Crippen LogP contribution in [0.15, 0.2) is 59.8 Å². The highest BCUT2D eigenvalue weighted by molar-refractivity contribution is 5.98. The number of nitrogens with zero attached hydrogens (tertiary/aromatic N) is 1. The average molecular weight is 380 g/mol. The number of carbonyl (C=O) groups excluding carboxylic acids is 2. The van der Waals surface area contributed by atoms with Crippen molar-refractivity contribution in [2.45, 2.75) is 26.5 Å². The second-order valence-corrected chi connectivity index (χ2v) is 6.68. The molecule has 146 valence electrons. The molecule has 0 saturated heterocycles. The minimum absolute atomic E-state index is 0.0854. The highest BCUT2D eigenvalue weighted by Crippen LogP contribution is 2.36. The van der Waals surface area contributed by atoms with Crippen LogP contribution in [0.3, 0.4) is 0 Å². The molecule has 0 radical (unpaired) electrons. The second-order valence-electron chi connectivity index (χ2n) is 6.68. The largest absolute Gasteiger partial charge is 0.493 e. The van der Waals surface area contributed by atoms with Crippen LogP contribution in [-0.4, -0.2) is 30.9 Å². The van der Waals surface area contributed by atoms with Gasteiger partial charge >= 0.3 is 6.03 Å². The molecule has 1 N–H and O–H groups in total. The topological polar surface area (TPSA) is 67.9 Å². The summed E-state index contributed by atoms with van der Waals surface area (Å²) in [4.78, 5) is 25.9. The fourth-order valence-electron chi connectivity index (χ4n) is 3.26. The van der Waals surface area contributed by atoms with Crippen molar-refractivity contribution in [3.05, 3.63) is 70.9 Å². The van der Waals surface area contributed by atoms with E-state index in [0.29, 0.717) is 29.4 Å². The van der Waals surface area contributed by atoms with Crippen LogP contribution in [0, 0.1) is 0 Å². The molecule has 2 aromatic carbocycles. The quantitative estimate of drug-likeness (QED) is 0.827. The van der Waals surface area contributed by atoms with E-state index >= 15 is 0 Å². The van der Waals surface area contributed by atoms with Crippen LogP contribution < -0.4 is 14.8 Å². The molecule has 0 bridgehead atoms. The van der Waals surface area contributed by atoms with Crippen molar-refractivity contribution in [1.82, 2.24) is 10.2 Å². The summed E-state index contributed by atoms with van der Waals surface area (Å²) >= 11 is 0. The number of hydrogen-bond donors (Lipinski definition) is 1. The molecule has 0 aromatic heterocycles. The van der Waals surface area contributed by atoms with Crippen molar-refractivity contribution < 1.29 is 19.1 Å². The number of methoxy groups -OCH3 is 1. The van der Waals surface area contributed by atoms with E-state index in [4.69, 9.17) is 9.47 Å². The van der Waals surface area contributed by atoms with E-state index < -0.39 is 6.04 Å². The van der Waals surface area contributed by atoms with Gasteiger partial charge in [-0.25, -0.2) is 4.79 Å². The van der Waals surface area contributed by atoms with E-state index in [1.807, 2.05) is 36.4 Å². The van der Waals surface area contributed by atoms with E-state index in [1.165, 1.54) is 11.8 Å². The number of benzene rings is 2. The molecule has 6 heteroatoms. The number of allylic oxidation sites excluding steroid dienone is 1. The first-order valence-electron chi connectivity index (χ1n) is 9.03. The van der Waals surface area contributed by atoms with Gasteiger partial charge in [-0.1, -0.05) is 36.4 Å². The zero-order valence-corrected chi connectivity index (χ0v) is 16.5. The van der Waals surface area contributed by atoms with Crippen molar-refractivity contribution in [3.63, 3.8) is 0 Å². The van der Waals surface area contributed by atoms with Crippen molar-refractivity contribution in [2.24, 2.45) is 0 Å². The van der Waals surface area contributed by atoms with Crippen LogP contribution >= 0.6 is 0 Å². The summed E-state index contributed by atoms with van der Waals surface area (Å²) in [6, 6.07) is 14.5. The Kier molecular flexibility index (Phi) is 5.68. The number of amides is 2. The monoisotopic (exact) mass is 380 g/mol. The zero-order chi connectivity index (χ0) is 20.3. The third-order valence-corrected chi connectivity index (χ3v) is 4.89. The SMILES string of the molecule is COc1cc([C@@H]2NC(=O)N(C)C(C)=C2C(C)=O)ccc1OCc1ccccc1. The standard InChI is InChI=1S/C22H24N2O4/c1-14-20(15(2)25)21(23-22(26)24(14)3)17-10-11-18(19(12-17)27-4)28-13-16-8-6-5-7-9-16/h5-12,21H,13H2,1-4H3,(H,23,26)/t21-/m0/s1. The van der Waals surface area contributed by atoms with Crippen LogP contribution in [0.5, 0.6) is 11.5 Å². The van der Waals surface area contributed by atoms with E-state index in [-0.39, 0.29) is 11.8 Å². The molecule has 0 spiro atoms. The van der Waals surface area contributed by atoms with Crippen LogP contribution in [-0.2, 0) is 11.4 Å². The summed E-state index contributed by atoms with van der Waals surface area (Å²) in [6.07, 6.45) is 0. The maximum absolute atomic E-state index is 12.3. The summed E-state index contributed by atoms with van der Waals surface area (Å²) in [5, 5.41) is 2.88. The summed E-state index contributed by atoms with van der Waals surface area (Å²) in [5.41, 5.74) is 3.01. The first kappa shape index (κ1) is 19.5. The van der Waals surface area contributed by atoms with Gasteiger partial charge in [-0.15, -0.1) is 0 Å². The van der Waals surface area contributed by atoms with E-state index in [1.54, 1.807) is 33.2 Å². The molecule has 0 unspecified atom stereocenters. The lowest BCUT2D eigenvalue weighted by molar-refractivity contribution is -0.114. The fraction of sp³-hybridized carbons (Fsp3) is 0.273. The number of ether oxygens (including phenoxy) is 2. The molecular formula is C22H24N2O4. The van der Waals surface area contributed by atoms with Gasteiger partial charge in [0.25, 0.3) is 0 Å². The Balaban J connectivity index is 1.90. The van der Waals surface area contributed by atoms with Gasteiger partial charge in [-0.2, -0.15) is 0 Å². The molecule has 2 aromatic rings. The molecule has 0 fully saturated rings. The number of ketones is 1. The smallest absolute Gasteiger partial charge is 0.322 e. The molecule has 2 amide bonds. The van der Waals surface area contributed by atoms with Crippen molar-refractivity contribution in [3.8, 4) is 11.5 Å². The summed E-state index contributed by atoms with van der Waals surface area (Å²) in [5.74, 6) is 1.05. The molecule has 0 saturated carbocycles. The maximum Gasteiger partial charge on any atom is 0.322 e. The maximum atomic E-state index is 12.3. The van der Waals surface area contributed by atoms with Gasteiger partial charge in [0.2, 0.25) is 0 Å². The van der Waals surface area contributed by atoms with Crippen molar-refractivity contribution >= 4 is 11.8 Å². The molecule has 1 aliphatic rings. The van der Waals surface area contributed by atoms with Crippen LogP contribution in [0.25, 0.3) is 0 Å². The molecule has 1 heterocycles. The van der Waals surface area contributed by atoms with E-state index in [2.05, 4.69) is 5.32 Å². The Hall–Kier alpha value is -3.28.